The molecule has 0 atom stereocenters. The minimum absolute atomic E-state index is 0.592. The lowest BCUT2D eigenvalue weighted by Gasteiger charge is -2.00. The normalized spacial score (nSPS) is 11.2. The van der Waals surface area contributed by atoms with Gasteiger partial charge in [0.1, 0.15) is 5.75 Å². The minimum atomic E-state index is 0.592. The summed E-state index contributed by atoms with van der Waals surface area (Å²) in [6.07, 6.45) is 2.46. The third-order valence-corrected chi connectivity index (χ3v) is 3.98. The van der Waals surface area contributed by atoms with Crippen molar-refractivity contribution in [3.8, 4) is 17.1 Å². The standard InChI is InChI=1S/C17H14N4O2/c1-21-17(12-4-3-11(23-2)7-13(12)20-21)15-8-14-16(19-15)10(9-22)5-6-18-14/h3-9,19H,1-2H3. The van der Waals surface area contributed by atoms with Crippen LogP contribution in [-0.4, -0.2) is 33.1 Å². The molecule has 6 nitrogen and oxygen atoms in total. The van der Waals surface area contributed by atoms with Crippen LogP contribution < -0.4 is 4.74 Å². The van der Waals surface area contributed by atoms with Gasteiger partial charge >= 0.3 is 0 Å². The summed E-state index contributed by atoms with van der Waals surface area (Å²) in [5.74, 6) is 0.767. The Labute approximate surface area is 131 Å². The number of carbonyl (C=O) groups is 1. The lowest BCUT2D eigenvalue weighted by atomic mass is 10.1. The Hall–Kier alpha value is -3.15. The number of hydrogen-bond acceptors (Lipinski definition) is 4. The van der Waals surface area contributed by atoms with Gasteiger partial charge in [0, 0.05) is 30.3 Å². The van der Waals surface area contributed by atoms with E-state index in [0.29, 0.717) is 5.56 Å². The smallest absolute Gasteiger partial charge is 0.152 e. The summed E-state index contributed by atoms with van der Waals surface area (Å²) < 4.78 is 7.06. The first-order valence-corrected chi connectivity index (χ1v) is 7.15. The van der Waals surface area contributed by atoms with Crippen LogP contribution in [0.1, 0.15) is 10.4 Å². The third-order valence-electron chi connectivity index (χ3n) is 3.98. The fraction of sp³-hybridized carbons (Fsp3) is 0.118. The van der Waals surface area contributed by atoms with Crippen LogP contribution in [0.15, 0.2) is 36.5 Å². The Morgan fingerprint density at radius 3 is 2.87 bits per heavy atom. The largest absolute Gasteiger partial charge is 0.497 e. The number of carbonyl (C=O) groups excluding carboxylic acids is 1. The van der Waals surface area contributed by atoms with Crippen molar-refractivity contribution in [2.24, 2.45) is 7.05 Å². The lowest BCUT2D eigenvalue weighted by Crippen LogP contribution is -1.93. The molecule has 3 aromatic heterocycles. The van der Waals surface area contributed by atoms with Crippen molar-refractivity contribution in [2.75, 3.05) is 7.11 Å². The molecule has 23 heavy (non-hydrogen) atoms. The van der Waals surface area contributed by atoms with Crippen molar-refractivity contribution >= 4 is 28.2 Å². The van der Waals surface area contributed by atoms with Crippen LogP contribution in [0.4, 0.5) is 0 Å². The molecule has 1 aromatic carbocycles. The van der Waals surface area contributed by atoms with E-state index in [1.807, 2.05) is 36.0 Å². The van der Waals surface area contributed by atoms with Crippen molar-refractivity contribution in [1.82, 2.24) is 19.7 Å². The van der Waals surface area contributed by atoms with E-state index in [1.54, 1.807) is 19.4 Å². The summed E-state index contributed by atoms with van der Waals surface area (Å²) in [7, 11) is 3.52. The number of H-pyrrole nitrogens is 1. The van der Waals surface area contributed by atoms with E-state index in [-0.39, 0.29) is 0 Å². The molecule has 0 amide bonds. The van der Waals surface area contributed by atoms with E-state index in [9.17, 15) is 4.79 Å². The highest BCUT2D eigenvalue weighted by Gasteiger charge is 2.15. The first-order valence-electron chi connectivity index (χ1n) is 7.15. The maximum Gasteiger partial charge on any atom is 0.152 e. The van der Waals surface area contributed by atoms with Crippen molar-refractivity contribution in [3.05, 3.63) is 42.1 Å². The number of aromatic nitrogens is 4. The van der Waals surface area contributed by atoms with E-state index >= 15 is 0 Å². The average molecular weight is 306 g/mol. The zero-order chi connectivity index (χ0) is 16.0. The number of ether oxygens (including phenoxy) is 1. The maximum absolute atomic E-state index is 11.2. The molecule has 0 saturated carbocycles. The Morgan fingerprint density at radius 2 is 2.09 bits per heavy atom. The first kappa shape index (κ1) is 13.5. The minimum Gasteiger partial charge on any atom is -0.497 e. The molecular weight excluding hydrogens is 292 g/mol. The molecule has 0 bridgehead atoms. The Morgan fingerprint density at radius 1 is 1.22 bits per heavy atom. The second-order valence-corrected chi connectivity index (χ2v) is 5.32. The number of aldehydes is 1. The van der Waals surface area contributed by atoms with E-state index < -0.39 is 0 Å². The van der Waals surface area contributed by atoms with Gasteiger partial charge < -0.3 is 9.72 Å². The monoisotopic (exact) mass is 306 g/mol. The molecule has 0 fully saturated rings. The highest BCUT2D eigenvalue weighted by Crippen LogP contribution is 2.31. The second-order valence-electron chi connectivity index (χ2n) is 5.32. The van der Waals surface area contributed by atoms with Crippen LogP contribution in [0, 0.1) is 0 Å². The number of rotatable bonds is 3. The molecule has 0 radical (unpaired) electrons. The summed E-state index contributed by atoms with van der Waals surface area (Å²) in [6, 6.07) is 9.42. The Kier molecular flexibility index (Phi) is 2.90. The van der Waals surface area contributed by atoms with Gasteiger partial charge in [0.05, 0.1) is 35.0 Å². The lowest BCUT2D eigenvalue weighted by molar-refractivity contribution is 0.112. The summed E-state index contributed by atoms with van der Waals surface area (Å²) >= 11 is 0. The van der Waals surface area contributed by atoms with Crippen molar-refractivity contribution in [3.63, 3.8) is 0 Å². The number of nitrogens with one attached hydrogen (secondary N) is 1. The molecular formula is C17H14N4O2. The molecule has 4 rings (SSSR count). The van der Waals surface area contributed by atoms with Crippen molar-refractivity contribution < 1.29 is 9.53 Å². The number of aryl methyl sites for hydroxylation is 1. The molecule has 6 heteroatoms. The van der Waals surface area contributed by atoms with Crippen LogP contribution in [0.2, 0.25) is 0 Å². The van der Waals surface area contributed by atoms with Gasteiger partial charge in [0.2, 0.25) is 0 Å². The van der Waals surface area contributed by atoms with Gasteiger partial charge in [-0.05, 0) is 24.3 Å². The highest BCUT2D eigenvalue weighted by atomic mass is 16.5. The van der Waals surface area contributed by atoms with Crippen molar-refractivity contribution in [2.45, 2.75) is 0 Å². The van der Waals surface area contributed by atoms with Gasteiger partial charge in [-0.3, -0.25) is 14.5 Å². The summed E-state index contributed by atoms with van der Waals surface area (Å²) in [5.41, 5.74) is 4.75. The van der Waals surface area contributed by atoms with Crippen molar-refractivity contribution in [1.29, 1.82) is 0 Å². The zero-order valence-corrected chi connectivity index (χ0v) is 12.7. The van der Waals surface area contributed by atoms with E-state index in [4.69, 9.17) is 4.74 Å². The third kappa shape index (κ3) is 1.99. The molecule has 0 aliphatic heterocycles. The molecule has 0 unspecified atom stereocenters. The van der Waals surface area contributed by atoms with Gasteiger partial charge in [-0.1, -0.05) is 0 Å². The van der Waals surface area contributed by atoms with Crippen LogP contribution in [0.3, 0.4) is 0 Å². The van der Waals surface area contributed by atoms with Crippen LogP contribution in [0.5, 0.6) is 5.75 Å². The Bertz CT molecular complexity index is 1050. The Balaban J connectivity index is 1.98. The van der Waals surface area contributed by atoms with E-state index in [0.717, 1.165) is 45.4 Å². The first-order chi connectivity index (χ1) is 11.2. The summed E-state index contributed by atoms with van der Waals surface area (Å²) in [5, 5.41) is 5.54. The predicted molar refractivity (Wildman–Crippen MR) is 87.7 cm³/mol. The number of benzene rings is 1. The molecule has 0 aliphatic rings. The van der Waals surface area contributed by atoms with Crippen LogP contribution in [-0.2, 0) is 7.05 Å². The summed E-state index contributed by atoms with van der Waals surface area (Å²) in [4.78, 5) is 18.8. The zero-order valence-electron chi connectivity index (χ0n) is 12.7. The van der Waals surface area contributed by atoms with Gasteiger partial charge in [0.15, 0.2) is 6.29 Å². The van der Waals surface area contributed by atoms with Gasteiger partial charge in [-0.25, -0.2) is 0 Å². The predicted octanol–water partition coefficient (Wildman–Crippen LogP) is 2.94. The molecule has 1 N–H and O–H groups in total. The number of fused-ring (bicyclic) bond motifs is 2. The molecule has 0 saturated heterocycles. The van der Waals surface area contributed by atoms with Crippen LogP contribution in [0.25, 0.3) is 33.3 Å². The summed E-state index contributed by atoms with van der Waals surface area (Å²) in [6.45, 7) is 0. The maximum atomic E-state index is 11.2. The quantitative estimate of drug-likeness (QED) is 0.591. The number of methoxy groups -OCH3 is 1. The topological polar surface area (TPSA) is 72.8 Å². The number of aromatic amines is 1. The molecule has 4 aromatic rings. The molecule has 0 aliphatic carbocycles. The number of nitrogens with zero attached hydrogens (tertiary/aromatic N) is 3. The fourth-order valence-corrected chi connectivity index (χ4v) is 2.90. The highest BCUT2D eigenvalue weighted by molar-refractivity contribution is 5.99. The second kappa shape index (κ2) is 4.95. The molecule has 114 valence electrons. The number of hydrogen-bond donors (Lipinski definition) is 1. The van der Waals surface area contributed by atoms with E-state index in [1.165, 1.54) is 0 Å². The molecule has 0 spiro atoms. The van der Waals surface area contributed by atoms with Crippen LogP contribution >= 0.6 is 0 Å². The van der Waals surface area contributed by atoms with Gasteiger partial charge in [-0.2, -0.15) is 5.10 Å². The van der Waals surface area contributed by atoms with Gasteiger partial charge in [0.25, 0.3) is 0 Å². The average Bonchev–Trinajstić information content (AvgIpc) is 3.12. The molecule has 3 heterocycles. The van der Waals surface area contributed by atoms with Gasteiger partial charge in [-0.15, -0.1) is 0 Å². The number of pyridine rings is 1. The fourth-order valence-electron chi connectivity index (χ4n) is 2.90. The van der Waals surface area contributed by atoms with E-state index in [2.05, 4.69) is 15.1 Å². The SMILES string of the molecule is COc1ccc2c(-c3cc4nccc(C=O)c4[nH]3)n(C)nc2c1.